The van der Waals surface area contributed by atoms with E-state index in [1.54, 1.807) is 6.08 Å². The lowest BCUT2D eigenvalue weighted by molar-refractivity contribution is -0.127. The number of carbonyl (C=O) groups is 3. The second-order valence-electron chi connectivity index (χ2n) is 7.70. The van der Waals surface area contributed by atoms with E-state index in [9.17, 15) is 14.4 Å². The predicted molar refractivity (Wildman–Crippen MR) is 128 cm³/mol. The molecule has 162 valence electrons. The van der Waals surface area contributed by atoms with E-state index >= 15 is 0 Å². The van der Waals surface area contributed by atoms with Crippen molar-refractivity contribution in [2.45, 2.75) is 20.8 Å². The van der Waals surface area contributed by atoms with Crippen LogP contribution in [0.5, 0.6) is 0 Å². The first kappa shape index (κ1) is 21.6. The molecule has 1 saturated heterocycles. The Morgan fingerprint density at radius 3 is 2.47 bits per heavy atom. The van der Waals surface area contributed by atoms with Crippen LogP contribution in [0.25, 0.3) is 11.8 Å². The van der Waals surface area contributed by atoms with Gasteiger partial charge in [0.05, 0.1) is 4.91 Å². The van der Waals surface area contributed by atoms with Crippen LogP contribution in [-0.4, -0.2) is 33.1 Å². The summed E-state index contributed by atoms with van der Waals surface area (Å²) in [5, 5.41) is 2.33. The van der Waals surface area contributed by atoms with Gasteiger partial charge in [-0.1, -0.05) is 35.9 Å². The summed E-state index contributed by atoms with van der Waals surface area (Å²) >= 11 is 0.848. The third-order valence-electron chi connectivity index (χ3n) is 5.23. The maximum atomic E-state index is 12.9. The average molecular weight is 446 g/mol. The van der Waals surface area contributed by atoms with Crippen LogP contribution in [0.2, 0.25) is 0 Å². The first-order valence-electron chi connectivity index (χ1n) is 10.2. The largest absolute Gasteiger partial charge is 0.324 e. The zero-order chi connectivity index (χ0) is 22.8. The Morgan fingerprint density at radius 1 is 1.00 bits per heavy atom. The predicted octanol–water partition coefficient (Wildman–Crippen LogP) is 5.08. The normalized spacial score (nSPS) is 15.0. The van der Waals surface area contributed by atoms with Gasteiger partial charge >= 0.3 is 0 Å². The van der Waals surface area contributed by atoms with Crippen LogP contribution < -0.4 is 5.32 Å². The van der Waals surface area contributed by atoms with Gasteiger partial charge < -0.3 is 9.88 Å². The SMILES string of the molecule is Cc1ccc(NC(=O)CN2C(=O)S/C(=C\c3ccc(C)n3-c3ccccc3)C2=O)c(C)c1. The molecule has 0 radical (unpaired) electrons. The Bertz CT molecular complexity index is 1240. The standard InChI is InChI=1S/C25H23N3O3S/c1-16-9-12-21(17(2)13-16)26-23(29)15-27-24(30)22(32-25(27)31)14-20-11-10-18(3)28(20)19-7-5-4-6-8-19/h4-14H,15H2,1-3H3,(H,26,29)/b22-14-. The van der Waals surface area contributed by atoms with Crippen molar-refractivity contribution in [2.75, 3.05) is 11.9 Å². The first-order chi connectivity index (χ1) is 15.3. The van der Waals surface area contributed by atoms with Crippen LogP contribution in [-0.2, 0) is 9.59 Å². The van der Waals surface area contributed by atoms with Gasteiger partial charge in [-0.25, -0.2) is 0 Å². The summed E-state index contributed by atoms with van der Waals surface area (Å²) in [5.41, 5.74) is 5.44. The number of rotatable bonds is 5. The molecule has 4 rings (SSSR count). The molecule has 2 aromatic carbocycles. The van der Waals surface area contributed by atoms with E-state index in [0.717, 1.165) is 44.9 Å². The Balaban J connectivity index is 1.52. The zero-order valence-electron chi connectivity index (χ0n) is 18.1. The molecule has 2 heterocycles. The number of nitrogens with zero attached hydrogens (tertiary/aromatic N) is 2. The lowest BCUT2D eigenvalue weighted by Crippen LogP contribution is -2.36. The number of nitrogens with one attached hydrogen (secondary N) is 1. The quantitative estimate of drug-likeness (QED) is 0.556. The van der Waals surface area contributed by atoms with Gasteiger partial charge in [-0.2, -0.15) is 0 Å². The molecule has 0 aliphatic carbocycles. The number of hydrogen-bond acceptors (Lipinski definition) is 4. The van der Waals surface area contributed by atoms with Crippen LogP contribution in [0.4, 0.5) is 10.5 Å². The minimum Gasteiger partial charge on any atom is -0.324 e. The number of hydrogen-bond donors (Lipinski definition) is 1. The van der Waals surface area contributed by atoms with Gasteiger partial charge in [-0.3, -0.25) is 19.3 Å². The molecule has 1 N–H and O–H groups in total. The number of aryl methyl sites for hydroxylation is 3. The summed E-state index contributed by atoms with van der Waals surface area (Å²) in [6.45, 7) is 5.53. The van der Waals surface area contributed by atoms with E-state index in [1.807, 2.05) is 86.0 Å². The fraction of sp³-hybridized carbons (Fsp3) is 0.160. The Kier molecular flexibility index (Phi) is 6.01. The van der Waals surface area contributed by atoms with E-state index in [-0.39, 0.29) is 6.54 Å². The third-order valence-corrected chi connectivity index (χ3v) is 6.14. The lowest BCUT2D eigenvalue weighted by Gasteiger charge is -2.14. The topological polar surface area (TPSA) is 71.4 Å². The molecule has 0 unspecified atom stereocenters. The monoisotopic (exact) mass is 445 g/mol. The number of amides is 3. The smallest absolute Gasteiger partial charge is 0.294 e. The van der Waals surface area contributed by atoms with Gasteiger partial charge in [0.2, 0.25) is 5.91 Å². The summed E-state index contributed by atoms with van der Waals surface area (Å²) in [6, 6.07) is 19.3. The number of para-hydroxylation sites is 1. The third kappa shape index (κ3) is 4.38. The van der Waals surface area contributed by atoms with Gasteiger partial charge in [0.25, 0.3) is 11.1 Å². The molecule has 0 spiro atoms. The maximum Gasteiger partial charge on any atom is 0.294 e. The summed E-state index contributed by atoms with van der Waals surface area (Å²) in [7, 11) is 0. The fourth-order valence-electron chi connectivity index (χ4n) is 3.66. The number of carbonyl (C=O) groups excluding carboxylic acids is 3. The molecule has 32 heavy (non-hydrogen) atoms. The Hall–Kier alpha value is -3.58. The van der Waals surface area contributed by atoms with E-state index in [1.165, 1.54) is 0 Å². The van der Waals surface area contributed by atoms with Crippen molar-refractivity contribution in [3.8, 4) is 5.69 Å². The van der Waals surface area contributed by atoms with Crippen LogP contribution >= 0.6 is 11.8 Å². The molecule has 0 atom stereocenters. The van der Waals surface area contributed by atoms with Crippen molar-refractivity contribution in [1.82, 2.24) is 9.47 Å². The molecular weight excluding hydrogens is 422 g/mol. The molecule has 6 nitrogen and oxygen atoms in total. The summed E-state index contributed by atoms with van der Waals surface area (Å²) < 4.78 is 2.01. The van der Waals surface area contributed by atoms with Crippen molar-refractivity contribution in [2.24, 2.45) is 0 Å². The zero-order valence-corrected chi connectivity index (χ0v) is 18.9. The fourth-order valence-corrected chi connectivity index (χ4v) is 4.48. The highest BCUT2D eigenvalue weighted by atomic mass is 32.2. The molecule has 1 aromatic heterocycles. The molecule has 3 amide bonds. The number of anilines is 1. The van der Waals surface area contributed by atoms with Crippen molar-refractivity contribution in [3.05, 3.63) is 88.1 Å². The van der Waals surface area contributed by atoms with E-state index in [0.29, 0.717) is 10.6 Å². The lowest BCUT2D eigenvalue weighted by atomic mass is 10.1. The number of aromatic nitrogens is 1. The van der Waals surface area contributed by atoms with Gasteiger partial charge in [0.1, 0.15) is 6.54 Å². The van der Waals surface area contributed by atoms with Crippen molar-refractivity contribution < 1.29 is 14.4 Å². The molecule has 1 fully saturated rings. The molecule has 7 heteroatoms. The maximum absolute atomic E-state index is 12.9. The molecule has 0 bridgehead atoms. The first-order valence-corrected chi connectivity index (χ1v) is 11.0. The van der Waals surface area contributed by atoms with Crippen LogP contribution in [0.15, 0.2) is 65.6 Å². The molecule has 3 aromatic rings. The molecular formula is C25H23N3O3S. The average Bonchev–Trinajstić information content (AvgIpc) is 3.25. The highest BCUT2D eigenvalue weighted by molar-refractivity contribution is 8.18. The van der Waals surface area contributed by atoms with Crippen molar-refractivity contribution >= 4 is 40.6 Å². The van der Waals surface area contributed by atoms with Crippen molar-refractivity contribution in [3.63, 3.8) is 0 Å². The minimum absolute atomic E-state index is 0.296. The van der Waals surface area contributed by atoms with Crippen LogP contribution in [0.3, 0.4) is 0 Å². The molecule has 1 aliphatic heterocycles. The number of thioether (sulfide) groups is 1. The van der Waals surface area contributed by atoms with Gasteiger partial charge in [0.15, 0.2) is 0 Å². The highest BCUT2D eigenvalue weighted by Gasteiger charge is 2.36. The summed E-state index contributed by atoms with van der Waals surface area (Å²) in [4.78, 5) is 39.2. The molecule has 1 aliphatic rings. The van der Waals surface area contributed by atoms with Gasteiger partial charge in [-0.05, 0) is 74.5 Å². The highest BCUT2D eigenvalue weighted by Crippen LogP contribution is 2.33. The van der Waals surface area contributed by atoms with E-state index in [4.69, 9.17) is 0 Å². The Labute approximate surface area is 190 Å². The number of benzene rings is 2. The summed E-state index contributed by atoms with van der Waals surface area (Å²) in [6.07, 6.45) is 1.70. The van der Waals surface area contributed by atoms with Gasteiger partial charge in [-0.15, -0.1) is 0 Å². The number of imide groups is 1. The second-order valence-corrected chi connectivity index (χ2v) is 8.70. The van der Waals surface area contributed by atoms with Crippen LogP contribution in [0.1, 0.15) is 22.5 Å². The van der Waals surface area contributed by atoms with E-state index in [2.05, 4.69) is 5.32 Å². The second kappa shape index (κ2) is 8.88. The minimum atomic E-state index is -0.464. The van der Waals surface area contributed by atoms with E-state index < -0.39 is 17.1 Å². The van der Waals surface area contributed by atoms with Crippen molar-refractivity contribution in [1.29, 1.82) is 0 Å². The Morgan fingerprint density at radius 2 is 1.75 bits per heavy atom. The summed E-state index contributed by atoms with van der Waals surface area (Å²) in [5.74, 6) is -0.877. The van der Waals surface area contributed by atoms with Crippen LogP contribution in [0, 0.1) is 20.8 Å². The van der Waals surface area contributed by atoms with Gasteiger partial charge in [0, 0.05) is 22.8 Å². The molecule has 0 saturated carbocycles.